The second kappa shape index (κ2) is 5.07. The Balaban J connectivity index is 2.26. The zero-order valence-corrected chi connectivity index (χ0v) is 11.2. The van der Waals surface area contributed by atoms with Crippen molar-refractivity contribution in [2.45, 2.75) is 32.0 Å². The first kappa shape index (κ1) is 14.8. The minimum atomic E-state index is -4.80. The molecule has 0 aromatic heterocycles. The number of benzene rings is 1. The van der Waals surface area contributed by atoms with Gasteiger partial charge in [0.2, 0.25) is 0 Å². The van der Waals surface area contributed by atoms with Gasteiger partial charge in [0.05, 0.1) is 5.56 Å². The summed E-state index contributed by atoms with van der Waals surface area (Å²) in [6.07, 6.45) is -2.76. The van der Waals surface area contributed by atoms with Gasteiger partial charge >= 0.3 is 6.18 Å². The predicted molar refractivity (Wildman–Crippen MR) is 65.7 cm³/mol. The summed E-state index contributed by atoms with van der Waals surface area (Å²) >= 11 is 0. The van der Waals surface area contributed by atoms with Gasteiger partial charge in [0, 0.05) is 18.7 Å². The highest BCUT2D eigenvalue weighted by Crippen LogP contribution is 2.36. The number of amides is 1. The van der Waals surface area contributed by atoms with Gasteiger partial charge in [-0.3, -0.25) is 4.79 Å². The Morgan fingerprint density at radius 3 is 2.45 bits per heavy atom. The van der Waals surface area contributed by atoms with Crippen LogP contribution in [0.4, 0.5) is 17.6 Å². The smallest absolute Gasteiger partial charge is 0.339 e. The topological polar surface area (TPSA) is 20.3 Å². The second-order valence-electron chi connectivity index (χ2n) is 5.19. The van der Waals surface area contributed by atoms with Crippen molar-refractivity contribution in [1.82, 2.24) is 4.90 Å². The van der Waals surface area contributed by atoms with Crippen LogP contribution in [0.2, 0.25) is 0 Å². The maximum atomic E-state index is 13.2. The normalized spacial score (nSPS) is 16.9. The van der Waals surface area contributed by atoms with Gasteiger partial charge in [-0.15, -0.1) is 0 Å². The molecule has 0 heterocycles. The molecule has 1 atom stereocenters. The Morgan fingerprint density at radius 2 is 1.95 bits per heavy atom. The van der Waals surface area contributed by atoms with Gasteiger partial charge in [-0.25, -0.2) is 4.39 Å². The SMILES string of the molecule is CC(C1CC1)N(C)C(=O)c1ccc(F)c(C(F)(F)F)c1. The summed E-state index contributed by atoms with van der Waals surface area (Å²) in [4.78, 5) is 13.6. The third-order valence-electron chi connectivity index (χ3n) is 3.75. The number of nitrogens with zero attached hydrogens (tertiary/aromatic N) is 1. The van der Waals surface area contributed by atoms with Gasteiger partial charge in [0.15, 0.2) is 0 Å². The molecule has 0 bridgehead atoms. The number of hydrogen-bond donors (Lipinski definition) is 0. The second-order valence-corrected chi connectivity index (χ2v) is 5.19. The monoisotopic (exact) mass is 289 g/mol. The van der Waals surface area contributed by atoms with Crippen molar-refractivity contribution in [2.24, 2.45) is 5.92 Å². The first-order valence-electron chi connectivity index (χ1n) is 6.35. The minimum absolute atomic E-state index is 0.0260. The highest BCUT2D eigenvalue weighted by atomic mass is 19.4. The molecule has 0 N–H and O–H groups in total. The van der Waals surface area contributed by atoms with Gasteiger partial charge < -0.3 is 4.90 Å². The van der Waals surface area contributed by atoms with Crippen LogP contribution < -0.4 is 0 Å². The van der Waals surface area contributed by atoms with Crippen LogP contribution in [-0.2, 0) is 6.18 Å². The Hall–Kier alpha value is -1.59. The third-order valence-corrected chi connectivity index (χ3v) is 3.75. The van der Waals surface area contributed by atoms with Crippen LogP contribution in [0.15, 0.2) is 18.2 Å². The number of carbonyl (C=O) groups excluding carboxylic acids is 1. The summed E-state index contributed by atoms with van der Waals surface area (Å²) in [5.74, 6) is -1.48. The summed E-state index contributed by atoms with van der Waals surface area (Å²) in [6.45, 7) is 1.86. The number of carbonyl (C=O) groups is 1. The van der Waals surface area contributed by atoms with Crippen LogP contribution >= 0.6 is 0 Å². The summed E-state index contributed by atoms with van der Waals surface area (Å²) < 4.78 is 51.1. The van der Waals surface area contributed by atoms with E-state index >= 15 is 0 Å². The quantitative estimate of drug-likeness (QED) is 0.777. The third kappa shape index (κ3) is 2.94. The molecule has 1 aromatic carbocycles. The van der Waals surface area contributed by atoms with E-state index in [9.17, 15) is 22.4 Å². The molecular weight excluding hydrogens is 274 g/mol. The van der Waals surface area contributed by atoms with Crippen molar-refractivity contribution >= 4 is 5.91 Å². The lowest BCUT2D eigenvalue weighted by molar-refractivity contribution is -0.140. The van der Waals surface area contributed by atoms with E-state index in [1.807, 2.05) is 6.92 Å². The zero-order valence-electron chi connectivity index (χ0n) is 11.2. The maximum absolute atomic E-state index is 13.2. The van der Waals surface area contributed by atoms with Crippen LogP contribution in [0.5, 0.6) is 0 Å². The lowest BCUT2D eigenvalue weighted by atomic mass is 10.1. The van der Waals surface area contributed by atoms with Crippen LogP contribution in [0, 0.1) is 11.7 Å². The van der Waals surface area contributed by atoms with E-state index in [-0.39, 0.29) is 11.6 Å². The van der Waals surface area contributed by atoms with E-state index in [0.717, 1.165) is 18.9 Å². The Bertz CT molecular complexity index is 522. The van der Waals surface area contributed by atoms with Gasteiger partial charge in [0.25, 0.3) is 5.91 Å². The van der Waals surface area contributed by atoms with E-state index in [1.54, 1.807) is 7.05 Å². The molecule has 110 valence electrons. The molecule has 1 aliphatic carbocycles. The summed E-state index contributed by atoms with van der Waals surface area (Å²) in [6, 6.07) is 2.32. The standard InChI is InChI=1S/C14H15F4NO/c1-8(9-3-4-9)19(2)13(20)10-5-6-12(15)11(7-10)14(16,17)18/h5-9H,3-4H2,1-2H3. The molecule has 1 unspecified atom stereocenters. The van der Waals surface area contributed by atoms with Crippen molar-refractivity contribution in [3.8, 4) is 0 Å². The average molecular weight is 289 g/mol. The fourth-order valence-corrected chi connectivity index (χ4v) is 2.16. The molecule has 2 rings (SSSR count). The number of alkyl halides is 3. The Morgan fingerprint density at radius 1 is 1.35 bits per heavy atom. The molecule has 1 amide bonds. The molecule has 1 aromatic rings. The molecule has 0 spiro atoms. The number of rotatable bonds is 3. The first-order chi connectivity index (χ1) is 9.21. The van der Waals surface area contributed by atoms with E-state index in [2.05, 4.69) is 0 Å². The zero-order chi connectivity index (χ0) is 15.1. The lowest BCUT2D eigenvalue weighted by Crippen LogP contribution is -2.36. The van der Waals surface area contributed by atoms with Crippen molar-refractivity contribution in [3.05, 3.63) is 35.1 Å². The molecule has 0 radical (unpaired) electrons. The molecule has 20 heavy (non-hydrogen) atoms. The minimum Gasteiger partial charge on any atom is -0.339 e. The average Bonchev–Trinajstić information content (AvgIpc) is 3.19. The molecule has 1 fully saturated rings. The number of halogens is 4. The molecular formula is C14H15F4NO. The van der Waals surface area contributed by atoms with E-state index in [1.165, 1.54) is 4.90 Å². The molecule has 2 nitrogen and oxygen atoms in total. The molecule has 1 aliphatic rings. The van der Waals surface area contributed by atoms with Gasteiger partial charge in [-0.2, -0.15) is 13.2 Å². The lowest BCUT2D eigenvalue weighted by Gasteiger charge is -2.25. The van der Waals surface area contributed by atoms with Crippen LogP contribution in [-0.4, -0.2) is 23.9 Å². The molecule has 6 heteroatoms. The van der Waals surface area contributed by atoms with Crippen molar-refractivity contribution < 1.29 is 22.4 Å². The van der Waals surface area contributed by atoms with E-state index < -0.39 is 23.5 Å². The van der Waals surface area contributed by atoms with Crippen LogP contribution in [0.25, 0.3) is 0 Å². The predicted octanol–water partition coefficient (Wildman–Crippen LogP) is 3.72. The fraction of sp³-hybridized carbons (Fsp3) is 0.500. The summed E-state index contributed by atoms with van der Waals surface area (Å²) in [7, 11) is 1.56. The summed E-state index contributed by atoms with van der Waals surface area (Å²) in [5, 5.41) is 0. The molecule has 0 aliphatic heterocycles. The Kier molecular flexibility index (Phi) is 3.75. The molecule has 0 saturated heterocycles. The first-order valence-corrected chi connectivity index (χ1v) is 6.35. The van der Waals surface area contributed by atoms with Gasteiger partial charge in [-0.1, -0.05) is 0 Å². The van der Waals surface area contributed by atoms with Crippen molar-refractivity contribution in [3.63, 3.8) is 0 Å². The van der Waals surface area contributed by atoms with E-state index in [4.69, 9.17) is 0 Å². The molecule has 1 saturated carbocycles. The number of hydrogen-bond acceptors (Lipinski definition) is 1. The van der Waals surface area contributed by atoms with E-state index in [0.29, 0.717) is 18.1 Å². The highest BCUT2D eigenvalue weighted by Gasteiger charge is 2.36. The van der Waals surface area contributed by atoms with Gasteiger partial charge in [0.1, 0.15) is 5.82 Å². The van der Waals surface area contributed by atoms with Crippen LogP contribution in [0.1, 0.15) is 35.7 Å². The largest absolute Gasteiger partial charge is 0.419 e. The maximum Gasteiger partial charge on any atom is 0.419 e. The fourth-order valence-electron chi connectivity index (χ4n) is 2.16. The van der Waals surface area contributed by atoms with Crippen molar-refractivity contribution in [1.29, 1.82) is 0 Å². The van der Waals surface area contributed by atoms with Gasteiger partial charge in [-0.05, 0) is 43.9 Å². The van der Waals surface area contributed by atoms with Crippen molar-refractivity contribution in [2.75, 3.05) is 7.05 Å². The van der Waals surface area contributed by atoms with Crippen LogP contribution in [0.3, 0.4) is 0 Å². The highest BCUT2D eigenvalue weighted by molar-refractivity contribution is 5.94. The Labute approximate surface area is 114 Å². The summed E-state index contributed by atoms with van der Waals surface area (Å²) in [5.41, 5.74) is -1.55.